The van der Waals surface area contributed by atoms with E-state index in [4.69, 9.17) is 4.42 Å². The summed E-state index contributed by atoms with van der Waals surface area (Å²) in [5.41, 5.74) is 1.89. The van der Waals surface area contributed by atoms with Crippen LogP contribution in [0.4, 0.5) is 0 Å². The fraction of sp³-hybridized carbons (Fsp3) is 0.692. The minimum atomic E-state index is 0.500. The Bertz CT molecular complexity index is 284. The summed E-state index contributed by atoms with van der Waals surface area (Å²) in [5.74, 6) is 1.56. The summed E-state index contributed by atoms with van der Waals surface area (Å²) in [6.45, 7) is 7.14. The second-order valence-corrected chi connectivity index (χ2v) is 5.67. The quantitative estimate of drug-likeness (QED) is 0.649. The first-order valence-electron chi connectivity index (χ1n) is 5.59. The maximum Gasteiger partial charge on any atom is 0.0937 e. The highest BCUT2D eigenvalue weighted by Crippen LogP contribution is 2.45. The van der Waals surface area contributed by atoms with E-state index in [1.807, 2.05) is 6.26 Å². The lowest BCUT2D eigenvalue weighted by atomic mass is 9.67. The van der Waals surface area contributed by atoms with Crippen LogP contribution in [0, 0.1) is 11.3 Å². The molecule has 0 bridgehead atoms. The first kappa shape index (κ1) is 9.82. The summed E-state index contributed by atoms with van der Waals surface area (Å²) in [6, 6.07) is 2.12. The topological polar surface area (TPSA) is 13.1 Å². The Hall–Kier alpha value is -0.720. The number of hydrogen-bond acceptors (Lipinski definition) is 1. The Labute approximate surface area is 86.5 Å². The van der Waals surface area contributed by atoms with Crippen LogP contribution < -0.4 is 0 Å². The molecule has 2 rings (SSSR count). The monoisotopic (exact) mass is 192 g/mol. The van der Waals surface area contributed by atoms with Gasteiger partial charge in [0.05, 0.1) is 12.5 Å². The van der Waals surface area contributed by atoms with Crippen LogP contribution in [0.3, 0.4) is 0 Å². The molecule has 0 unspecified atom stereocenters. The predicted octanol–water partition coefficient (Wildman–Crippen LogP) is 4.21. The maximum absolute atomic E-state index is 5.17. The second-order valence-electron chi connectivity index (χ2n) is 5.67. The smallest absolute Gasteiger partial charge is 0.0937 e. The third-order valence-electron chi connectivity index (χ3n) is 3.40. The van der Waals surface area contributed by atoms with Crippen molar-refractivity contribution >= 4 is 0 Å². The molecule has 0 N–H and O–H groups in total. The van der Waals surface area contributed by atoms with E-state index in [-0.39, 0.29) is 0 Å². The molecule has 0 radical (unpaired) electrons. The first-order chi connectivity index (χ1) is 6.57. The van der Waals surface area contributed by atoms with Crippen molar-refractivity contribution < 1.29 is 4.42 Å². The second kappa shape index (κ2) is 3.45. The van der Waals surface area contributed by atoms with E-state index in [2.05, 4.69) is 26.8 Å². The van der Waals surface area contributed by atoms with Crippen LogP contribution in [-0.4, -0.2) is 0 Å². The Morgan fingerprint density at radius 2 is 2.14 bits per heavy atom. The van der Waals surface area contributed by atoms with Gasteiger partial charge < -0.3 is 4.42 Å². The van der Waals surface area contributed by atoms with Gasteiger partial charge in [-0.25, -0.2) is 0 Å². The summed E-state index contributed by atoms with van der Waals surface area (Å²) in [6.07, 6.45) is 7.70. The van der Waals surface area contributed by atoms with Crippen LogP contribution in [-0.2, 0) is 0 Å². The molecular weight excluding hydrogens is 172 g/mol. The van der Waals surface area contributed by atoms with Crippen molar-refractivity contribution in [3.05, 3.63) is 24.2 Å². The van der Waals surface area contributed by atoms with Gasteiger partial charge in [0.2, 0.25) is 0 Å². The van der Waals surface area contributed by atoms with E-state index in [9.17, 15) is 0 Å². The number of furan rings is 1. The molecule has 14 heavy (non-hydrogen) atoms. The van der Waals surface area contributed by atoms with Gasteiger partial charge in [-0.05, 0) is 48.1 Å². The normalized spacial score (nSPS) is 31.6. The third kappa shape index (κ3) is 2.02. The fourth-order valence-corrected chi connectivity index (χ4v) is 3.11. The molecule has 1 fully saturated rings. The van der Waals surface area contributed by atoms with Gasteiger partial charge in [0, 0.05) is 0 Å². The average Bonchev–Trinajstić information content (AvgIpc) is 2.51. The summed E-state index contributed by atoms with van der Waals surface area (Å²) in [4.78, 5) is 0. The zero-order valence-corrected chi connectivity index (χ0v) is 9.42. The van der Waals surface area contributed by atoms with E-state index < -0.39 is 0 Å². The lowest BCUT2D eigenvalue weighted by Gasteiger charge is -2.38. The van der Waals surface area contributed by atoms with E-state index in [0.717, 1.165) is 5.92 Å². The summed E-state index contributed by atoms with van der Waals surface area (Å²) < 4.78 is 5.17. The molecule has 0 aliphatic heterocycles. The molecule has 1 heteroatoms. The molecule has 1 saturated carbocycles. The van der Waals surface area contributed by atoms with Gasteiger partial charge in [-0.1, -0.05) is 20.8 Å². The van der Waals surface area contributed by atoms with E-state index in [1.165, 1.54) is 24.8 Å². The molecule has 0 saturated heterocycles. The van der Waals surface area contributed by atoms with Crippen molar-refractivity contribution in [1.82, 2.24) is 0 Å². The number of rotatable bonds is 1. The minimum Gasteiger partial charge on any atom is -0.472 e. The van der Waals surface area contributed by atoms with Gasteiger partial charge in [-0.15, -0.1) is 0 Å². The van der Waals surface area contributed by atoms with Gasteiger partial charge >= 0.3 is 0 Å². The molecule has 2 atom stereocenters. The van der Waals surface area contributed by atoms with E-state index >= 15 is 0 Å². The van der Waals surface area contributed by atoms with Gasteiger partial charge in [-0.3, -0.25) is 0 Å². The van der Waals surface area contributed by atoms with Crippen molar-refractivity contribution in [3.8, 4) is 0 Å². The average molecular weight is 192 g/mol. The van der Waals surface area contributed by atoms with Crippen molar-refractivity contribution in [1.29, 1.82) is 0 Å². The molecule has 0 spiro atoms. The molecule has 1 heterocycles. The van der Waals surface area contributed by atoms with Crippen molar-refractivity contribution in [2.24, 2.45) is 11.3 Å². The van der Waals surface area contributed by atoms with Gasteiger partial charge in [0.25, 0.3) is 0 Å². The highest BCUT2D eigenvalue weighted by molar-refractivity contribution is 5.14. The first-order valence-corrected chi connectivity index (χ1v) is 5.59. The van der Waals surface area contributed by atoms with Crippen LogP contribution in [0.15, 0.2) is 23.0 Å². The molecule has 1 nitrogen and oxygen atoms in total. The minimum absolute atomic E-state index is 0.500. The van der Waals surface area contributed by atoms with Gasteiger partial charge in [0.1, 0.15) is 0 Å². The fourth-order valence-electron chi connectivity index (χ4n) is 3.11. The molecular formula is C13H20O. The molecule has 1 aromatic heterocycles. The molecule has 0 aromatic carbocycles. The molecule has 0 amide bonds. The Morgan fingerprint density at radius 3 is 2.71 bits per heavy atom. The zero-order chi connectivity index (χ0) is 10.2. The Balaban J connectivity index is 2.14. The van der Waals surface area contributed by atoms with E-state index in [0.29, 0.717) is 11.3 Å². The predicted molar refractivity (Wildman–Crippen MR) is 58.2 cm³/mol. The zero-order valence-electron chi connectivity index (χ0n) is 9.42. The van der Waals surface area contributed by atoms with Crippen LogP contribution in [0.25, 0.3) is 0 Å². The molecule has 1 aliphatic carbocycles. The Kier molecular flexibility index (Phi) is 2.42. The Morgan fingerprint density at radius 1 is 1.36 bits per heavy atom. The van der Waals surface area contributed by atoms with Crippen molar-refractivity contribution in [3.63, 3.8) is 0 Å². The number of hydrogen-bond donors (Lipinski definition) is 0. The highest BCUT2D eigenvalue weighted by Gasteiger charge is 2.32. The van der Waals surface area contributed by atoms with Gasteiger partial charge in [0.15, 0.2) is 0 Å². The molecule has 78 valence electrons. The van der Waals surface area contributed by atoms with Crippen molar-refractivity contribution in [2.75, 3.05) is 0 Å². The molecule has 1 aromatic rings. The van der Waals surface area contributed by atoms with Crippen molar-refractivity contribution in [2.45, 2.75) is 46.0 Å². The third-order valence-corrected chi connectivity index (χ3v) is 3.40. The highest BCUT2D eigenvalue weighted by atomic mass is 16.3. The van der Waals surface area contributed by atoms with E-state index in [1.54, 1.807) is 6.26 Å². The van der Waals surface area contributed by atoms with Crippen LogP contribution >= 0.6 is 0 Å². The largest absolute Gasteiger partial charge is 0.472 e. The summed E-state index contributed by atoms with van der Waals surface area (Å²) in [7, 11) is 0. The molecule has 1 aliphatic rings. The SMILES string of the molecule is C[C@H]1C[C@@H](c2ccoc2)CC(C)(C)C1. The maximum atomic E-state index is 5.17. The van der Waals surface area contributed by atoms with Crippen LogP contribution in [0.2, 0.25) is 0 Å². The van der Waals surface area contributed by atoms with Crippen LogP contribution in [0.5, 0.6) is 0 Å². The summed E-state index contributed by atoms with van der Waals surface area (Å²) in [5, 5.41) is 0. The van der Waals surface area contributed by atoms with Gasteiger partial charge in [-0.2, -0.15) is 0 Å². The lowest BCUT2D eigenvalue weighted by molar-refractivity contribution is 0.168. The lowest BCUT2D eigenvalue weighted by Crippen LogP contribution is -2.26. The van der Waals surface area contributed by atoms with Crippen LogP contribution in [0.1, 0.15) is 51.5 Å². The summed E-state index contributed by atoms with van der Waals surface area (Å²) >= 11 is 0. The standard InChI is InChI=1S/C13H20O/c1-10-6-12(8-13(2,3)7-10)11-4-5-14-9-11/h4-5,9-10,12H,6-8H2,1-3H3/t10-,12+/m0/s1.